The highest BCUT2D eigenvalue weighted by molar-refractivity contribution is 5.26. The van der Waals surface area contributed by atoms with Crippen molar-refractivity contribution in [2.45, 2.75) is 55.6 Å². The standard InChI is InChI=1S/C20H29N5/c1-5-9-19(10-6-2)13-17(24-18-22-15-21-16-23-18)14-20(25-19,11-7-3)12-8-4/h5-8,15-17,25H,1-4,9-14H2,(H,21,22,23,24). The molecule has 0 saturated carbocycles. The lowest BCUT2D eigenvalue weighted by molar-refractivity contribution is 0.121. The van der Waals surface area contributed by atoms with E-state index in [-0.39, 0.29) is 17.1 Å². The molecule has 0 radical (unpaired) electrons. The first kappa shape index (κ1) is 19.1. The second-order valence-corrected chi connectivity index (χ2v) is 6.87. The van der Waals surface area contributed by atoms with Crippen LogP contribution in [0.2, 0.25) is 0 Å². The maximum absolute atomic E-state index is 4.22. The van der Waals surface area contributed by atoms with Crippen LogP contribution in [0.25, 0.3) is 0 Å². The van der Waals surface area contributed by atoms with Crippen molar-refractivity contribution in [3.05, 3.63) is 63.3 Å². The Bertz CT molecular complexity index is 543. The van der Waals surface area contributed by atoms with Crippen LogP contribution in [0.1, 0.15) is 38.5 Å². The van der Waals surface area contributed by atoms with Crippen LogP contribution in [0, 0.1) is 0 Å². The summed E-state index contributed by atoms with van der Waals surface area (Å²) in [5, 5.41) is 7.41. The molecular formula is C20H29N5. The normalized spacial score (nSPS) is 18.9. The lowest BCUT2D eigenvalue weighted by Crippen LogP contribution is -2.65. The van der Waals surface area contributed by atoms with Gasteiger partial charge in [0, 0.05) is 17.1 Å². The molecule has 1 saturated heterocycles. The summed E-state index contributed by atoms with van der Waals surface area (Å²) in [6.45, 7) is 15.9. The van der Waals surface area contributed by atoms with Gasteiger partial charge in [-0.1, -0.05) is 24.3 Å². The highest BCUT2D eigenvalue weighted by atomic mass is 15.2. The van der Waals surface area contributed by atoms with Crippen LogP contribution >= 0.6 is 0 Å². The van der Waals surface area contributed by atoms with E-state index in [1.807, 2.05) is 24.3 Å². The molecule has 1 aliphatic rings. The van der Waals surface area contributed by atoms with Gasteiger partial charge in [-0.05, 0) is 38.5 Å². The molecule has 25 heavy (non-hydrogen) atoms. The third kappa shape index (κ3) is 4.86. The van der Waals surface area contributed by atoms with E-state index in [1.165, 1.54) is 12.7 Å². The van der Waals surface area contributed by atoms with Crippen LogP contribution in [-0.4, -0.2) is 32.1 Å². The molecule has 0 aromatic carbocycles. The molecule has 1 aliphatic heterocycles. The molecule has 5 nitrogen and oxygen atoms in total. The van der Waals surface area contributed by atoms with Crippen molar-refractivity contribution in [3.63, 3.8) is 0 Å². The summed E-state index contributed by atoms with van der Waals surface area (Å²) in [6.07, 6.45) is 16.3. The second-order valence-electron chi connectivity index (χ2n) is 6.87. The number of aromatic nitrogens is 3. The van der Waals surface area contributed by atoms with Gasteiger partial charge < -0.3 is 10.6 Å². The third-order valence-corrected chi connectivity index (χ3v) is 4.77. The number of nitrogens with one attached hydrogen (secondary N) is 2. The minimum absolute atomic E-state index is 0.0987. The minimum Gasteiger partial charge on any atom is -0.351 e. The van der Waals surface area contributed by atoms with Gasteiger partial charge in [-0.2, -0.15) is 0 Å². The van der Waals surface area contributed by atoms with Crippen LogP contribution in [-0.2, 0) is 0 Å². The monoisotopic (exact) mass is 339 g/mol. The Hall–Kier alpha value is -2.27. The number of hydrogen-bond donors (Lipinski definition) is 2. The van der Waals surface area contributed by atoms with Crippen molar-refractivity contribution in [2.75, 3.05) is 5.32 Å². The number of rotatable bonds is 10. The van der Waals surface area contributed by atoms with Crippen LogP contribution in [0.4, 0.5) is 5.95 Å². The SMILES string of the molecule is C=CCC1(CC=C)CC(Nc2ncncn2)CC(CC=C)(CC=C)N1. The maximum Gasteiger partial charge on any atom is 0.225 e. The van der Waals surface area contributed by atoms with Gasteiger partial charge in [-0.25, -0.2) is 15.0 Å². The van der Waals surface area contributed by atoms with Crippen molar-refractivity contribution in [2.24, 2.45) is 0 Å². The molecular weight excluding hydrogens is 310 g/mol. The van der Waals surface area contributed by atoms with E-state index in [2.05, 4.69) is 51.9 Å². The Kier molecular flexibility index (Phi) is 6.65. The summed E-state index contributed by atoms with van der Waals surface area (Å²) in [4.78, 5) is 12.3. The lowest BCUT2D eigenvalue weighted by atomic mass is 9.70. The van der Waals surface area contributed by atoms with Crippen LogP contribution in [0.5, 0.6) is 0 Å². The van der Waals surface area contributed by atoms with Crippen molar-refractivity contribution < 1.29 is 0 Å². The summed E-state index contributed by atoms with van der Waals surface area (Å²) in [5.41, 5.74) is -0.197. The van der Waals surface area contributed by atoms with Crippen molar-refractivity contribution in [1.82, 2.24) is 20.3 Å². The highest BCUT2D eigenvalue weighted by Crippen LogP contribution is 2.39. The Morgan fingerprint density at radius 2 is 1.36 bits per heavy atom. The van der Waals surface area contributed by atoms with Crippen LogP contribution in [0.15, 0.2) is 63.3 Å². The first-order chi connectivity index (χ1) is 12.1. The smallest absolute Gasteiger partial charge is 0.225 e. The fourth-order valence-electron chi connectivity index (χ4n) is 4.09. The highest BCUT2D eigenvalue weighted by Gasteiger charge is 2.45. The van der Waals surface area contributed by atoms with E-state index < -0.39 is 0 Å². The Morgan fingerprint density at radius 1 is 0.920 bits per heavy atom. The van der Waals surface area contributed by atoms with Gasteiger partial charge in [-0.15, -0.1) is 26.3 Å². The molecule has 0 unspecified atom stereocenters. The molecule has 0 atom stereocenters. The molecule has 1 fully saturated rings. The molecule has 2 heterocycles. The summed E-state index contributed by atoms with van der Waals surface area (Å²) < 4.78 is 0. The second kappa shape index (κ2) is 8.72. The Labute approximate surface area is 151 Å². The van der Waals surface area contributed by atoms with Gasteiger partial charge >= 0.3 is 0 Å². The van der Waals surface area contributed by atoms with Gasteiger partial charge in [0.1, 0.15) is 12.7 Å². The first-order valence-electron chi connectivity index (χ1n) is 8.72. The zero-order valence-corrected chi connectivity index (χ0v) is 15.0. The van der Waals surface area contributed by atoms with E-state index in [1.54, 1.807) is 0 Å². The summed E-state index contributed by atoms with van der Waals surface area (Å²) in [6, 6.07) is 0.225. The fourth-order valence-corrected chi connectivity index (χ4v) is 4.09. The molecule has 2 rings (SSSR count). The number of anilines is 1. The molecule has 134 valence electrons. The minimum atomic E-state index is -0.0987. The largest absolute Gasteiger partial charge is 0.351 e. The fraction of sp³-hybridized carbons (Fsp3) is 0.450. The number of hydrogen-bond acceptors (Lipinski definition) is 5. The van der Waals surface area contributed by atoms with Gasteiger partial charge in [-0.3, -0.25) is 0 Å². The predicted octanol–water partition coefficient (Wildman–Crippen LogP) is 3.82. The predicted molar refractivity (Wildman–Crippen MR) is 104 cm³/mol. The van der Waals surface area contributed by atoms with Gasteiger partial charge in [0.15, 0.2) is 0 Å². The Balaban J connectivity index is 2.34. The molecule has 0 bridgehead atoms. The topological polar surface area (TPSA) is 62.7 Å². The quantitative estimate of drug-likeness (QED) is 0.635. The third-order valence-electron chi connectivity index (χ3n) is 4.77. The van der Waals surface area contributed by atoms with Crippen molar-refractivity contribution in [1.29, 1.82) is 0 Å². The molecule has 1 aromatic heterocycles. The number of nitrogens with zero attached hydrogens (tertiary/aromatic N) is 3. The van der Waals surface area contributed by atoms with E-state index in [9.17, 15) is 0 Å². The van der Waals surface area contributed by atoms with Crippen LogP contribution < -0.4 is 10.6 Å². The Morgan fingerprint density at radius 3 is 1.76 bits per heavy atom. The zero-order chi connectivity index (χ0) is 18.2. The van der Waals surface area contributed by atoms with Crippen LogP contribution in [0.3, 0.4) is 0 Å². The maximum atomic E-state index is 4.22. The molecule has 0 aliphatic carbocycles. The van der Waals surface area contributed by atoms with E-state index in [0.29, 0.717) is 5.95 Å². The number of piperidine rings is 1. The average Bonchev–Trinajstić information content (AvgIpc) is 2.56. The van der Waals surface area contributed by atoms with E-state index in [0.717, 1.165) is 38.5 Å². The molecule has 5 heteroatoms. The molecule has 0 amide bonds. The van der Waals surface area contributed by atoms with E-state index in [4.69, 9.17) is 0 Å². The van der Waals surface area contributed by atoms with E-state index >= 15 is 0 Å². The molecule has 2 N–H and O–H groups in total. The zero-order valence-electron chi connectivity index (χ0n) is 15.0. The lowest BCUT2D eigenvalue weighted by Gasteiger charge is -2.52. The van der Waals surface area contributed by atoms with Crippen molar-refractivity contribution in [3.8, 4) is 0 Å². The first-order valence-corrected chi connectivity index (χ1v) is 8.72. The van der Waals surface area contributed by atoms with Gasteiger partial charge in [0.25, 0.3) is 0 Å². The molecule has 1 aromatic rings. The van der Waals surface area contributed by atoms with Crippen molar-refractivity contribution >= 4 is 5.95 Å². The van der Waals surface area contributed by atoms with Gasteiger partial charge in [0.05, 0.1) is 0 Å². The summed E-state index contributed by atoms with van der Waals surface area (Å²) in [5.74, 6) is 0.610. The molecule has 0 spiro atoms. The summed E-state index contributed by atoms with van der Waals surface area (Å²) >= 11 is 0. The van der Waals surface area contributed by atoms with Gasteiger partial charge in [0.2, 0.25) is 5.95 Å². The average molecular weight is 339 g/mol. The summed E-state index contributed by atoms with van der Waals surface area (Å²) in [7, 11) is 0.